The molecule has 2 aromatic rings. The first kappa shape index (κ1) is 18.5. The molecule has 138 valence electrons. The predicted molar refractivity (Wildman–Crippen MR) is 103 cm³/mol. The minimum atomic E-state index is 0.442. The predicted octanol–water partition coefficient (Wildman–Crippen LogP) is 3.80. The van der Waals surface area contributed by atoms with Crippen LogP contribution in [-0.4, -0.2) is 43.0 Å². The van der Waals surface area contributed by atoms with E-state index in [-0.39, 0.29) is 0 Å². The highest BCUT2D eigenvalue weighted by Crippen LogP contribution is 2.24. The number of oxime groups is 1. The second-order valence-electron chi connectivity index (χ2n) is 6.25. The number of halogens is 1. The normalized spacial score (nSPS) is 15.4. The summed E-state index contributed by atoms with van der Waals surface area (Å²) >= 11 is 5.92. The van der Waals surface area contributed by atoms with Crippen molar-refractivity contribution in [3.63, 3.8) is 0 Å². The van der Waals surface area contributed by atoms with Gasteiger partial charge in [-0.3, -0.25) is 4.98 Å². The molecule has 1 aromatic heterocycles. The zero-order valence-corrected chi connectivity index (χ0v) is 15.6. The van der Waals surface area contributed by atoms with Crippen LogP contribution in [0.1, 0.15) is 24.8 Å². The summed E-state index contributed by atoms with van der Waals surface area (Å²) in [6.45, 7) is 2.69. The Balaban J connectivity index is 1.39. The van der Waals surface area contributed by atoms with Gasteiger partial charge in [0.15, 0.2) is 0 Å². The van der Waals surface area contributed by atoms with E-state index in [9.17, 15) is 0 Å². The molecule has 7 heteroatoms. The SMILES string of the molecule is CON=Cc1ccc(OCCC2CCN(c3cncc(Cl)n3)CC2)cc1. The van der Waals surface area contributed by atoms with E-state index in [2.05, 4.69) is 24.9 Å². The van der Waals surface area contributed by atoms with Crippen LogP contribution in [0.15, 0.2) is 41.8 Å². The molecule has 0 bridgehead atoms. The number of aromatic nitrogens is 2. The number of hydrogen-bond donors (Lipinski definition) is 0. The lowest BCUT2D eigenvalue weighted by molar-refractivity contribution is 0.215. The second-order valence-corrected chi connectivity index (χ2v) is 6.64. The van der Waals surface area contributed by atoms with Gasteiger partial charge in [-0.25, -0.2) is 4.98 Å². The number of hydrogen-bond acceptors (Lipinski definition) is 6. The molecule has 6 nitrogen and oxygen atoms in total. The van der Waals surface area contributed by atoms with Gasteiger partial charge in [-0.15, -0.1) is 0 Å². The van der Waals surface area contributed by atoms with E-state index in [1.165, 1.54) is 7.11 Å². The highest BCUT2D eigenvalue weighted by molar-refractivity contribution is 6.29. The maximum absolute atomic E-state index is 5.92. The molecule has 1 saturated heterocycles. The second kappa shape index (κ2) is 9.38. The van der Waals surface area contributed by atoms with Gasteiger partial charge in [-0.2, -0.15) is 0 Å². The smallest absolute Gasteiger partial charge is 0.149 e. The highest BCUT2D eigenvalue weighted by atomic mass is 35.5. The fraction of sp³-hybridized carbons (Fsp3) is 0.421. The number of rotatable bonds is 7. The van der Waals surface area contributed by atoms with Crippen LogP contribution in [0.5, 0.6) is 5.75 Å². The number of piperidine rings is 1. The molecule has 26 heavy (non-hydrogen) atoms. The Morgan fingerprint density at radius 3 is 2.69 bits per heavy atom. The molecule has 0 N–H and O–H groups in total. The van der Waals surface area contributed by atoms with E-state index in [1.54, 1.807) is 18.6 Å². The number of benzene rings is 1. The minimum Gasteiger partial charge on any atom is -0.494 e. The molecule has 0 atom stereocenters. The number of nitrogens with zero attached hydrogens (tertiary/aromatic N) is 4. The van der Waals surface area contributed by atoms with Crippen LogP contribution in [0, 0.1) is 5.92 Å². The van der Waals surface area contributed by atoms with Gasteiger partial charge < -0.3 is 14.5 Å². The average molecular weight is 375 g/mol. The Morgan fingerprint density at radius 2 is 2.00 bits per heavy atom. The van der Waals surface area contributed by atoms with Crippen molar-refractivity contribution in [3.8, 4) is 5.75 Å². The van der Waals surface area contributed by atoms with Gasteiger partial charge in [-0.05, 0) is 55.0 Å². The minimum absolute atomic E-state index is 0.442. The number of ether oxygens (including phenoxy) is 1. The van der Waals surface area contributed by atoms with Crippen molar-refractivity contribution in [1.29, 1.82) is 0 Å². The van der Waals surface area contributed by atoms with Crippen LogP contribution in [0.4, 0.5) is 5.82 Å². The first-order valence-corrected chi connectivity index (χ1v) is 9.14. The third kappa shape index (κ3) is 5.33. The molecule has 0 spiro atoms. The summed E-state index contributed by atoms with van der Waals surface area (Å²) in [5.41, 5.74) is 0.982. The van der Waals surface area contributed by atoms with Crippen molar-refractivity contribution in [2.24, 2.45) is 11.1 Å². The number of anilines is 1. The van der Waals surface area contributed by atoms with Gasteiger partial charge >= 0.3 is 0 Å². The maximum atomic E-state index is 5.92. The van der Waals surface area contributed by atoms with Gasteiger partial charge in [-0.1, -0.05) is 16.8 Å². The van der Waals surface area contributed by atoms with Gasteiger partial charge in [0.25, 0.3) is 0 Å². The van der Waals surface area contributed by atoms with Crippen LogP contribution in [0.3, 0.4) is 0 Å². The van der Waals surface area contributed by atoms with Gasteiger partial charge in [0.2, 0.25) is 0 Å². The lowest BCUT2D eigenvalue weighted by Gasteiger charge is -2.32. The van der Waals surface area contributed by atoms with Crippen molar-refractivity contribution in [1.82, 2.24) is 9.97 Å². The maximum Gasteiger partial charge on any atom is 0.149 e. The highest BCUT2D eigenvalue weighted by Gasteiger charge is 2.20. The Bertz CT molecular complexity index is 716. The van der Waals surface area contributed by atoms with Crippen molar-refractivity contribution in [3.05, 3.63) is 47.4 Å². The molecule has 1 aliphatic rings. The summed E-state index contributed by atoms with van der Waals surface area (Å²) in [5.74, 6) is 2.42. The lowest BCUT2D eigenvalue weighted by Crippen LogP contribution is -2.34. The van der Waals surface area contributed by atoms with E-state index >= 15 is 0 Å². The molecule has 0 unspecified atom stereocenters. The van der Waals surface area contributed by atoms with Crippen LogP contribution in [0.25, 0.3) is 0 Å². The summed E-state index contributed by atoms with van der Waals surface area (Å²) in [7, 11) is 1.53. The Kier molecular flexibility index (Phi) is 6.66. The van der Waals surface area contributed by atoms with Crippen LogP contribution in [0.2, 0.25) is 5.15 Å². The molecule has 0 saturated carbocycles. The molecule has 0 radical (unpaired) electrons. The summed E-state index contributed by atoms with van der Waals surface area (Å²) in [6.07, 6.45) is 8.32. The molecular weight excluding hydrogens is 352 g/mol. The van der Waals surface area contributed by atoms with Crippen molar-refractivity contribution in [2.45, 2.75) is 19.3 Å². The van der Waals surface area contributed by atoms with E-state index in [0.29, 0.717) is 11.1 Å². The molecule has 1 aromatic carbocycles. The van der Waals surface area contributed by atoms with Crippen LogP contribution < -0.4 is 9.64 Å². The fourth-order valence-electron chi connectivity index (χ4n) is 3.04. The fourth-order valence-corrected chi connectivity index (χ4v) is 3.19. The molecule has 0 aliphatic carbocycles. The standard InChI is InChI=1S/C19H23ClN4O2/c1-25-22-12-16-2-4-17(5-3-16)26-11-8-15-6-9-24(10-7-15)19-14-21-13-18(20)23-19/h2-5,12-15H,6-11H2,1H3. The molecule has 1 fully saturated rings. The Morgan fingerprint density at radius 1 is 1.23 bits per heavy atom. The topological polar surface area (TPSA) is 59.8 Å². The first-order valence-electron chi connectivity index (χ1n) is 8.76. The summed E-state index contributed by atoms with van der Waals surface area (Å²) < 4.78 is 5.87. The summed E-state index contributed by atoms with van der Waals surface area (Å²) in [6, 6.07) is 7.83. The van der Waals surface area contributed by atoms with Gasteiger partial charge in [0.1, 0.15) is 23.8 Å². The third-order valence-corrected chi connectivity index (χ3v) is 4.70. The molecule has 1 aliphatic heterocycles. The third-order valence-electron chi connectivity index (χ3n) is 4.51. The molecule has 2 heterocycles. The molecule has 3 rings (SSSR count). The molecular formula is C19H23ClN4O2. The van der Waals surface area contributed by atoms with Crippen LogP contribution >= 0.6 is 11.6 Å². The largest absolute Gasteiger partial charge is 0.494 e. The van der Waals surface area contributed by atoms with E-state index in [1.807, 2.05) is 24.3 Å². The Hall–Kier alpha value is -2.34. The van der Waals surface area contributed by atoms with E-state index in [4.69, 9.17) is 16.3 Å². The quantitative estimate of drug-likeness (QED) is 0.545. The van der Waals surface area contributed by atoms with Crippen molar-refractivity contribution < 1.29 is 9.57 Å². The van der Waals surface area contributed by atoms with Gasteiger partial charge in [0, 0.05) is 13.1 Å². The van der Waals surface area contributed by atoms with Crippen molar-refractivity contribution >= 4 is 23.6 Å². The van der Waals surface area contributed by atoms with E-state index in [0.717, 1.165) is 56.1 Å². The average Bonchev–Trinajstić information content (AvgIpc) is 2.68. The zero-order chi connectivity index (χ0) is 18.2. The molecule has 0 amide bonds. The van der Waals surface area contributed by atoms with Gasteiger partial charge in [0.05, 0.1) is 25.2 Å². The van der Waals surface area contributed by atoms with E-state index < -0.39 is 0 Å². The summed E-state index contributed by atoms with van der Waals surface area (Å²) in [5, 5.41) is 4.18. The lowest BCUT2D eigenvalue weighted by atomic mass is 9.94. The summed E-state index contributed by atoms with van der Waals surface area (Å²) in [4.78, 5) is 15.4. The first-order chi connectivity index (χ1) is 12.7. The zero-order valence-electron chi connectivity index (χ0n) is 14.8. The Labute approximate surface area is 158 Å². The van der Waals surface area contributed by atoms with Crippen LogP contribution in [-0.2, 0) is 4.84 Å². The van der Waals surface area contributed by atoms with Crippen molar-refractivity contribution in [2.75, 3.05) is 31.7 Å². The monoisotopic (exact) mass is 374 g/mol.